The molecule has 70 valence electrons. The lowest BCUT2D eigenvalue weighted by Crippen LogP contribution is -2.58. The summed E-state index contributed by atoms with van der Waals surface area (Å²) in [6.07, 6.45) is 0. The third kappa shape index (κ3) is 1.86. The molecule has 1 aliphatic heterocycles. The first kappa shape index (κ1) is 9.28. The fourth-order valence-electron chi connectivity index (χ4n) is 1.38. The van der Waals surface area contributed by atoms with Gasteiger partial charge in [-0.05, 0) is 0 Å². The van der Waals surface area contributed by atoms with E-state index in [9.17, 15) is 4.79 Å². The number of hydrogen-bond donors (Lipinski definition) is 3. The Morgan fingerprint density at radius 1 is 1.83 bits per heavy atom. The molecular formula is C7H16N4O. The van der Waals surface area contributed by atoms with Crippen LogP contribution in [0.15, 0.2) is 0 Å². The lowest BCUT2D eigenvalue weighted by atomic mass is 10.2. The molecule has 1 aliphatic rings. The number of urea groups is 1. The van der Waals surface area contributed by atoms with E-state index >= 15 is 0 Å². The molecule has 12 heavy (non-hydrogen) atoms. The molecule has 4 N–H and O–H groups in total. The third-order valence-electron chi connectivity index (χ3n) is 2.10. The molecule has 0 spiro atoms. The van der Waals surface area contributed by atoms with Gasteiger partial charge in [-0.2, -0.15) is 0 Å². The lowest BCUT2D eigenvalue weighted by Gasteiger charge is -2.34. The van der Waals surface area contributed by atoms with Gasteiger partial charge in [0.25, 0.3) is 0 Å². The van der Waals surface area contributed by atoms with Crippen LogP contribution in [0.1, 0.15) is 0 Å². The maximum absolute atomic E-state index is 11.3. The van der Waals surface area contributed by atoms with Crippen molar-refractivity contribution in [1.82, 2.24) is 15.5 Å². The summed E-state index contributed by atoms with van der Waals surface area (Å²) < 4.78 is 0. The highest BCUT2D eigenvalue weighted by atomic mass is 16.2. The highest BCUT2D eigenvalue weighted by Gasteiger charge is 2.23. The van der Waals surface area contributed by atoms with Gasteiger partial charge in [-0.15, -0.1) is 0 Å². The Kier molecular flexibility index (Phi) is 3.31. The molecule has 0 bridgehead atoms. The SMILES string of the molecule is CNC(=O)N1CCNCC1CN. The molecule has 0 aliphatic carbocycles. The second-order valence-electron chi connectivity index (χ2n) is 2.84. The monoisotopic (exact) mass is 172 g/mol. The van der Waals surface area contributed by atoms with Crippen LogP contribution < -0.4 is 16.4 Å². The van der Waals surface area contributed by atoms with Gasteiger partial charge in [0.15, 0.2) is 0 Å². The molecule has 0 saturated carbocycles. The second kappa shape index (κ2) is 4.27. The van der Waals surface area contributed by atoms with Crippen LogP contribution in [0.3, 0.4) is 0 Å². The Balaban J connectivity index is 2.52. The van der Waals surface area contributed by atoms with Gasteiger partial charge in [0.2, 0.25) is 0 Å². The number of carbonyl (C=O) groups excluding carboxylic acids is 1. The van der Waals surface area contributed by atoms with Crippen molar-refractivity contribution in [3.05, 3.63) is 0 Å². The van der Waals surface area contributed by atoms with Crippen molar-refractivity contribution in [2.24, 2.45) is 5.73 Å². The van der Waals surface area contributed by atoms with E-state index in [1.807, 2.05) is 0 Å². The molecule has 0 aromatic rings. The number of piperazine rings is 1. The Labute approximate surface area is 72.3 Å². The van der Waals surface area contributed by atoms with Gasteiger partial charge in [-0.3, -0.25) is 0 Å². The number of carbonyl (C=O) groups is 1. The van der Waals surface area contributed by atoms with Crippen LogP contribution in [0.5, 0.6) is 0 Å². The van der Waals surface area contributed by atoms with Crippen molar-refractivity contribution in [2.75, 3.05) is 33.2 Å². The van der Waals surface area contributed by atoms with E-state index in [2.05, 4.69) is 10.6 Å². The summed E-state index contributed by atoms with van der Waals surface area (Å²) in [6.45, 7) is 2.90. The van der Waals surface area contributed by atoms with Crippen molar-refractivity contribution in [3.63, 3.8) is 0 Å². The van der Waals surface area contributed by atoms with Crippen molar-refractivity contribution in [2.45, 2.75) is 6.04 Å². The minimum Gasteiger partial charge on any atom is -0.341 e. The minimum absolute atomic E-state index is 0.0352. The summed E-state index contributed by atoms with van der Waals surface area (Å²) >= 11 is 0. The van der Waals surface area contributed by atoms with E-state index in [-0.39, 0.29) is 12.1 Å². The molecule has 1 unspecified atom stereocenters. The zero-order chi connectivity index (χ0) is 8.97. The van der Waals surface area contributed by atoms with Crippen LogP contribution >= 0.6 is 0 Å². The molecule has 0 radical (unpaired) electrons. The molecule has 1 rings (SSSR count). The van der Waals surface area contributed by atoms with Crippen LogP contribution in [-0.4, -0.2) is 50.2 Å². The summed E-state index contributed by atoms with van der Waals surface area (Å²) in [7, 11) is 1.64. The van der Waals surface area contributed by atoms with Gasteiger partial charge in [0.05, 0.1) is 6.04 Å². The molecule has 2 amide bonds. The number of nitrogens with zero attached hydrogens (tertiary/aromatic N) is 1. The normalized spacial score (nSPS) is 23.8. The Bertz CT molecular complexity index is 161. The smallest absolute Gasteiger partial charge is 0.317 e. The molecular weight excluding hydrogens is 156 g/mol. The van der Waals surface area contributed by atoms with E-state index in [1.54, 1.807) is 11.9 Å². The van der Waals surface area contributed by atoms with E-state index in [0.717, 1.165) is 19.6 Å². The molecule has 0 aromatic heterocycles. The van der Waals surface area contributed by atoms with Gasteiger partial charge in [-0.1, -0.05) is 0 Å². The lowest BCUT2D eigenvalue weighted by molar-refractivity contribution is 0.162. The topological polar surface area (TPSA) is 70.4 Å². The predicted octanol–water partition coefficient (Wildman–Crippen LogP) is -1.44. The van der Waals surface area contributed by atoms with Crippen molar-refractivity contribution < 1.29 is 4.79 Å². The zero-order valence-electron chi connectivity index (χ0n) is 7.34. The molecule has 0 aromatic carbocycles. The quantitative estimate of drug-likeness (QED) is 0.453. The highest BCUT2D eigenvalue weighted by Crippen LogP contribution is 2.01. The number of amides is 2. The first-order valence-corrected chi connectivity index (χ1v) is 4.18. The molecule has 1 heterocycles. The minimum atomic E-state index is -0.0352. The standard InChI is InChI=1S/C7H16N4O/c1-9-7(12)11-3-2-10-5-6(11)4-8/h6,10H,2-5,8H2,1H3,(H,9,12). The third-order valence-corrected chi connectivity index (χ3v) is 2.10. The Morgan fingerprint density at radius 3 is 3.17 bits per heavy atom. The zero-order valence-corrected chi connectivity index (χ0v) is 7.34. The first-order valence-electron chi connectivity index (χ1n) is 4.18. The Morgan fingerprint density at radius 2 is 2.58 bits per heavy atom. The van der Waals surface area contributed by atoms with Crippen molar-refractivity contribution in [1.29, 1.82) is 0 Å². The summed E-state index contributed by atoms with van der Waals surface area (Å²) in [5.74, 6) is 0. The van der Waals surface area contributed by atoms with Crippen LogP contribution in [-0.2, 0) is 0 Å². The number of rotatable bonds is 1. The summed E-state index contributed by atoms with van der Waals surface area (Å²) in [6, 6.07) is 0.102. The number of nitrogens with one attached hydrogen (secondary N) is 2. The fourth-order valence-corrected chi connectivity index (χ4v) is 1.38. The van der Waals surface area contributed by atoms with Gasteiger partial charge in [0, 0.05) is 33.2 Å². The largest absolute Gasteiger partial charge is 0.341 e. The van der Waals surface area contributed by atoms with Crippen LogP contribution in [0.4, 0.5) is 4.79 Å². The predicted molar refractivity (Wildman–Crippen MR) is 46.9 cm³/mol. The van der Waals surface area contributed by atoms with Crippen LogP contribution in [0, 0.1) is 0 Å². The molecule has 1 saturated heterocycles. The van der Waals surface area contributed by atoms with Crippen molar-refractivity contribution >= 4 is 6.03 Å². The molecule has 5 nitrogen and oxygen atoms in total. The maximum Gasteiger partial charge on any atom is 0.317 e. The van der Waals surface area contributed by atoms with Crippen LogP contribution in [0.2, 0.25) is 0 Å². The van der Waals surface area contributed by atoms with Gasteiger partial charge < -0.3 is 21.3 Å². The number of nitrogens with two attached hydrogens (primary N) is 1. The molecule has 1 atom stereocenters. The molecule has 5 heteroatoms. The summed E-state index contributed by atoms with van der Waals surface area (Å²) in [5.41, 5.74) is 5.52. The summed E-state index contributed by atoms with van der Waals surface area (Å²) in [5, 5.41) is 5.80. The van der Waals surface area contributed by atoms with Crippen molar-refractivity contribution in [3.8, 4) is 0 Å². The second-order valence-corrected chi connectivity index (χ2v) is 2.84. The van der Waals surface area contributed by atoms with Gasteiger partial charge in [-0.25, -0.2) is 4.79 Å². The number of hydrogen-bond acceptors (Lipinski definition) is 3. The van der Waals surface area contributed by atoms with Crippen LogP contribution in [0.25, 0.3) is 0 Å². The van der Waals surface area contributed by atoms with E-state index < -0.39 is 0 Å². The average Bonchev–Trinajstić information content (AvgIpc) is 2.16. The first-order chi connectivity index (χ1) is 5.79. The average molecular weight is 172 g/mol. The molecule has 1 fully saturated rings. The maximum atomic E-state index is 11.3. The van der Waals surface area contributed by atoms with E-state index in [0.29, 0.717) is 6.54 Å². The Hall–Kier alpha value is -0.810. The highest BCUT2D eigenvalue weighted by molar-refractivity contribution is 5.74. The van der Waals surface area contributed by atoms with Gasteiger partial charge >= 0.3 is 6.03 Å². The van der Waals surface area contributed by atoms with Gasteiger partial charge in [0.1, 0.15) is 0 Å². The fraction of sp³-hybridized carbons (Fsp3) is 0.857. The van der Waals surface area contributed by atoms with E-state index in [4.69, 9.17) is 5.73 Å². The van der Waals surface area contributed by atoms with E-state index in [1.165, 1.54) is 0 Å². The summed E-state index contributed by atoms with van der Waals surface area (Å²) in [4.78, 5) is 13.0.